The standard InChI is InChI=1S/C8H15NO4S/c1-8(2,3)9(7(10)11)14(12,13)6-4-5-6/h6H,4-5H2,1-3H3,(H,10,11). The largest absolute Gasteiger partial charge is 0.464 e. The van der Waals surface area contributed by atoms with Gasteiger partial charge in [0.2, 0.25) is 10.0 Å². The fourth-order valence-electron chi connectivity index (χ4n) is 1.29. The Morgan fingerprint density at radius 2 is 1.79 bits per heavy atom. The summed E-state index contributed by atoms with van der Waals surface area (Å²) < 4.78 is 24.0. The molecule has 82 valence electrons. The van der Waals surface area contributed by atoms with Crippen LogP contribution >= 0.6 is 0 Å². The molecule has 1 amide bonds. The lowest BCUT2D eigenvalue weighted by Gasteiger charge is -2.31. The van der Waals surface area contributed by atoms with Gasteiger partial charge in [0.1, 0.15) is 0 Å². The Balaban J connectivity index is 3.06. The molecule has 1 rings (SSSR count). The average molecular weight is 221 g/mol. The van der Waals surface area contributed by atoms with E-state index in [0.717, 1.165) is 0 Å². The van der Waals surface area contributed by atoms with Crippen LogP contribution in [0.15, 0.2) is 0 Å². The molecule has 1 saturated carbocycles. The molecule has 0 saturated heterocycles. The van der Waals surface area contributed by atoms with Crippen molar-refractivity contribution < 1.29 is 18.3 Å². The maximum atomic E-state index is 11.7. The molecular formula is C8H15NO4S. The Morgan fingerprint density at radius 3 is 2.00 bits per heavy atom. The molecule has 0 aromatic carbocycles. The number of rotatable bonds is 2. The van der Waals surface area contributed by atoms with Gasteiger partial charge in [0, 0.05) is 0 Å². The van der Waals surface area contributed by atoms with Crippen molar-refractivity contribution in [2.45, 2.75) is 44.4 Å². The maximum absolute atomic E-state index is 11.7. The molecule has 0 aliphatic heterocycles. The Kier molecular flexibility index (Phi) is 2.51. The molecule has 14 heavy (non-hydrogen) atoms. The van der Waals surface area contributed by atoms with Crippen molar-refractivity contribution in [3.63, 3.8) is 0 Å². The molecule has 0 spiro atoms. The van der Waals surface area contributed by atoms with Crippen LogP contribution < -0.4 is 0 Å². The van der Waals surface area contributed by atoms with Crippen LogP contribution in [0.3, 0.4) is 0 Å². The minimum atomic E-state index is -3.65. The summed E-state index contributed by atoms with van der Waals surface area (Å²) in [5.41, 5.74) is -0.909. The van der Waals surface area contributed by atoms with Gasteiger partial charge in [-0.3, -0.25) is 0 Å². The van der Waals surface area contributed by atoms with E-state index < -0.39 is 26.9 Å². The van der Waals surface area contributed by atoms with Crippen molar-refractivity contribution in [3.05, 3.63) is 0 Å². The van der Waals surface area contributed by atoms with E-state index in [-0.39, 0.29) is 0 Å². The van der Waals surface area contributed by atoms with Gasteiger partial charge < -0.3 is 5.11 Å². The molecule has 5 nitrogen and oxygen atoms in total. The summed E-state index contributed by atoms with van der Waals surface area (Å²) in [6, 6.07) is 0. The van der Waals surface area contributed by atoms with Crippen LogP contribution in [-0.2, 0) is 10.0 Å². The molecule has 0 aromatic heterocycles. The molecule has 0 atom stereocenters. The summed E-state index contributed by atoms with van der Waals surface area (Å²) in [7, 11) is -3.65. The van der Waals surface area contributed by atoms with Crippen LogP contribution in [0, 0.1) is 0 Å². The van der Waals surface area contributed by atoms with Crippen molar-refractivity contribution in [1.29, 1.82) is 0 Å². The summed E-state index contributed by atoms with van der Waals surface area (Å²) >= 11 is 0. The van der Waals surface area contributed by atoms with E-state index >= 15 is 0 Å². The molecular weight excluding hydrogens is 206 g/mol. The number of hydrogen-bond acceptors (Lipinski definition) is 3. The molecule has 6 heteroatoms. The second kappa shape index (κ2) is 3.12. The highest BCUT2D eigenvalue weighted by molar-refractivity contribution is 7.90. The van der Waals surface area contributed by atoms with Crippen LogP contribution in [0.1, 0.15) is 33.6 Å². The van der Waals surface area contributed by atoms with Crippen molar-refractivity contribution in [2.75, 3.05) is 0 Å². The summed E-state index contributed by atoms with van der Waals surface area (Å²) in [5.74, 6) is 0. The minimum Gasteiger partial charge on any atom is -0.464 e. The third-order valence-electron chi connectivity index (χ3n) is 1.98. The van der Waals surface area contributed by atoms with Crippen molar-refractivity contribution in [1.82, 2.24) is 4.31 Å². The molecule has 0 radical (unpaired) electrons. The summed E-state index contributed by atoms with van der Waals surface area (Å²) in [6.45, 7) is 4.71. The van der Waals surface area contributed by atoms with Crippen molar-refractivity contribution in [3.8, 4) is 0 Å². The van der Waals surface area contributed by atoms with Crippen LogP contribution in [-0.4, -0.2) is 34.7 Å². The first-order valence-corrected chi connectivity index (χ1v) is 5.95. The van der Waals surface area contributed by atoms with E-state index in [1.54, 1.807) is 20.8 Å². The SMILES string of the molecule is CC(C)(C)N(C(=O)O)S(=O)(=O)C1CC1. The Hall–Kier alpha value is -0.780. The van der Waals surface area contributed by atoms with E-state index in [9.17, 15) is 13.2 Å². The van der Waals surface area contributed by atoms with Gasteiger partial charge in [-0.2, -0.15) is 4.31 Å². The predicted octanol–water partition coefficient (Wildman–Crippen LogP) is 1.26. The number of amides is 1. The minimum absolute atomic E-state index is 0.488. The molecule has 1 aliphatic carbocycles. The Labute approximate surface area is 83.8 Å². The van der Waals surface area contributed by atoms with E-state index in [4.69, 9.17) is 5.11 Å². The second-order valence-electron chi connectivity index (χ2n) is 4.46. The van der Waals surface area contributed by atoms with E-state index in [0.29, 0.717) is 17.1 Å². The van der Waals surface area contributed by atoms with Gasteiger partial charge >= 0.3 is 6.09 Å². The third kappa shape index (κ3) is 2.00. The highest BCUT2D eigenvalue weighted by Crippen LogP contribution is 2.34. The third-order valence-corrected chi connectivity index (χ3v) is 4.51. The van der Waals surface area contributed by atoms with Gasteiger partial charge in [0.05, 0.1) is 10.8 Å². The predicted molar refractivity (Wildman–Crippen MR) is 51.6 cm³/mol. The zero-order valence-corrected chi connectivity index (χ0v) is 9.34. The van der Waals surface area contributed by atoms with Gasteiger partial charge in [-0.15, -0.1) is 0 Å². The van der Waals surface area contributed by atoms with Gasteiger partial charge in [-0.1, -0.05) is 0 Å². The van der Waals surface area contributed by atoms with Gasteiger partial charge in [0.25, 0.3) is 0 Å². The zero-order valence-electron chi connectivity index (χ0n) is 8.52. The number of sulfonamides is 1. The number of nitrogens with zero attached hydrogens (tertiary/aromatic N) is 1. The molecule has 0 bridgehead atoms. The second-order valence-corrected chi connectivity index (χ2v) is 6.52. The van der Waals surface area contributed by atoms with E-state index in [2.05, 4.69) is 0 Å². The maximum Gasteiger partial charge on any atom is 0.421 e. The van der Waals surface area contributed by atoms with Crippen LogP contribution in [0.5, 0.6) is 0 Å². The first kappa shape index (κ1) is 11.3. The lowest BCUT2D eigenvalue weighted by Crippen LogP contribution is -2.49. The lowest BCUT2D eigenvalue weighted by atomic mass is 10.1. The summed E-state index contributed by atoms with van der Waals surface area (Å²) in [5, 5.41) is 8.38. The quantitative estimate of drug-likeness (QED) is 0.761. The molecule has 0 unspecified atom stereocenters. The fraction of sp³-hybridized carbons (Fsp3) is 0.875. The van der Waals surface area contributed by atoms with Gasteiger partial charge in [-0.05, 0) is 33.6 Å². The number of carboxylic acid groups (broad SMARTS) is 1. The Morgan fingerprint density at radius 1 is 1.36 bits per heavy atom. The van der Waals surface area contributed by atoms with Crippen LogP contribution in [0.4, 0.5) is 4.79 Å². The highest BCUT2D eigenvalue weighted by Gasteiger charge is 2.46. The first-order valence-electron chi connectivity index (χ1n) is 4.44. The summed E-state index contributed by atoms with van der Waals surface area (Å²) in [6.07, 6.45) is -0.255. The van der Waals surface area contributed by atoms with Gasteiger partial charge in [-0.25, -0.2) is 13.2 Å². The monoisotopic (exact) mass is 221 g/mol. The molecule has 1 N–H and O–H groups in total. The van der Waals surface area contributed by atoms with Crippen LogP contribution in [0.2, 0.25) is 0 Å². The zero-order chi connectivity index (χ0) is 11.1. The molecule has 0 aromatic rings. The Bertz CT molecular complexity index is 337. The highest BCUT2D eigenvalue weighted by atomic mass is 32.2. The van der Waals surface area contributed by atoms with Crippen LogP contribution in [0.25, 0.3) is 0 Å². The molecule has 1 aliphatic rings. The van der Waals surface area contributed by atoms with Crippen molar-refractivity contribution >= 4 is 16.1 Å². The normalized spacial score (nSPS) is 17.9. The molecule has 1 fully saturated rings. The molecule has 0 heterocycles. The first-order chi connectivity index (χ1) is 6.17. The number of hydrogen-bond donors (Lipinski definition) is 1. The fourth-order valence-corrected chi connectivity index (χ4v) is 3.30. The number of carbonyl (C=O) groups is 1. The summed E-state index contributed by atoms with van der Waals surface area (Å²) in [4.78, 5) is 10.9. The van der Waals surface area contributed by atoms with E-state index in [1.165, 1.54) is 0 Å². The topological polar surface area (TPSA) is 74.7 Å². The lowest BCUT2D eigenvalue weighted by molar-refractivity contribution is 0.146. The van der Waals surface area contributed by atoms with Crippen molar-refractivity contribution in [2.24, 2.45) is 0 Å². The average Bonchev–Trinajstić information content (AvgIpc) is 2.57. The van der Waals surface area contributed by atoms with E-state index in [1.807, 2.05) is 0 Å². The smallest absolute Gasteiger partial charge is 0.421 e. The van der Waals surface area contributed by atoms with Gasteiger partial charge in [0.15, 0.2) is 0 Å².